The predicted molar refractivity (Wildman–Crippen MR) is 85.7 cm³/mol. The highest BCUT2D eigenvalue weighted by Crippen LogP contribution is 2.28. The molecule has 0 fully saturated rings. The molecule has 0 amide bonds. The van der Waals surface area contributed by atoms with E-state index in [0.29, 0.717) is 22.2 Å². The number of anilines is 1. The van der Waals surface area contributed by atoms with Crippen LogP contribution in [0.5, 0.6) is 5.75 Å². The fourth-order valence-corrected chi connectivity index (χ4v) is 4.43. The highest BCUT2D eigenvalue weighted by atomic mass is 32.2. The van der Waals surface area contributed by atoms with Crippen LogP contribution in [0.1, 0.15) is 5.56 Å². The molecule has 2 rings (SSSR count). The molecule has 1 aromatic carbocycles. The lowest BCUT2D eigenvalue weighted by molar-refractivity contribution is 0.415. The summed E-state index contributed by atoms with van der Waals surface area (Å²) >= 11 is 1.23. The Kier molecular flexibility index (Phi) is 4.87. The van der Waals surface area contributed by atoms with Crippen molar-refractivity contribution >= 4 is 27.0 Å². The fraction of sp³-hybridized carbons (Fsp3) is 0.286. The molecule has 21 heavy (non-hydrogen) atoms. The molecule has 0 saturated heterocycles. The van der Waals surface area contributed by atoms with Crippen LogP contribution in [-0.2, 0) is 16.6 Å². The third kappa shape index (κ3) is 3.37. The SMILES string of the molecule is CNCc1csc(S(=O)(=O)N(C)c2ccc(OC)cc2)c1. The van der Waals surface area contributed by atoms with Crippen LogP contribution in [0, 0.1) is 0 Å². The Hall–Kier alpha value is -1.57. The number of benzene rings is 1. The summed E-state index contributed by atoms with van der Waals surface area (Å²) in [5.74, 6) is 0.692. The molecule has 1 heterocycles. The summed E-state index contributed by atoms with van der Waals surface area (Å²) in [4.78, 5) is 0. The van der Waals surface area contributed by atoms with E-state index in [1.54, 1.807) is 44.5 Å². The van der Waals surface area contributed by atoms with Gasteiger partial charge in [-0.05, 0) is 48.3 Å². The van der Waals surface area contributed by atoms with E-state index in [2.05, 4.69) is 5.32 Å². The smallest absolute Gasteiger partial charge is 0.273 e. The van der Waals surface area contributed by atoms with E-state index >= 15 is 0 Å². The van der Waals surface area contributed by atoms with Gasteiger partial charge in [-0.15, -0.1) is 11.3 Å². The third-order valence-electron chi connectivity index (χ3n) is 3.06. The normalized spacial score (nSPS) is 11.4. The van der Waals surface area contributed by atoms with Gasteiger partial charge in [0.15, 0.2) is 0 Å². The van der Waals surface area contributed by atoms with Gasteiger partial charge >= 0.3 is 0 Å². The average molecular weight is 326 g/mol. The number of nitrogens with zero attached hydrogens (tertiary/aromatic N) is 1. The van der Waals surface area contributed by atoms with Gasteiger partial charge in [-0.25, -0.2) is 8.42 Å². The van der Waals surface area contributed by atoms with E-state index in [4.69, 9.17) is 4.74 Å². The molecule has 1 N–H and O–H groups in total. The summed E-state index contributed by atoms with van der Waals surface area (Å²) in [6.07, 6.45) is 0. The van der Waals surface area contributed by atoms with Gasteiger partial charge in [-0.3, -0.25) is 4.31 Å². The van der Waals surface area contributed by atoms with Gasteiger partial charge in [0, 0.05) is 13.6 Å². The Morgan fingerprint density at radius 3 is 2.52 bits per heavy atom. The number of rotatable bonds is 6. The van der Waals surface area contributed by atoms with Crippen molar-refractivity contribution in [2.24, 2.45) is 0 Å². The Balaban J connectivity index is 2.28. The van der Waals surface area contributed by atoms with E-state index in [-0.39, 0.29) is 0 Å². The Labute approximate surface area is 129 Å². The van der Waals surface area contributed by atoms with Crippen molar-refractivity contribution in [3.05, 3.63) is 41.3 Å². The van der Waals surface area contributed by atoms with Crippen LogP contribution in [0.2, 0.25) is 0 Å². The summed E-state index contributed by atoms with van der Waals surface area (Å²) < 4.78 is 31.9. The molecule has 0 saturated carbocycles. The van der Waals surface area contributed by atoms with Gasteiger partial charge in [-0.2, -0.15) is 0 Å². The molecule has 0 aliphatic heterocycles. The van der Waals surface area contributed by atoms with Gasteiger partial charge in [0.05, 0.1) is 12.8 Å². The van der Waals surface area contributed by atoms with E-state index in [0.717, 1.165) is 5.56 Å². The zero-order valence-corrected chi connectivity index (χ0v) is 13.8. The average Bonchev–Trinajstić information content (AvgIpc) is 2.96. The van der Waals surface area contributed by atoms with Crippen LogP contribution in [0.4, 0.5) is 5.69 Å². The highest BCUT2D eigenvalue weighted by molar-refractivity contribution is 7.94. The predicted octanol–water partition coefficient (Wildman–Crippen LogP) is 2.30. The van der Waals surface area contributed by atoms with E-state index in [1.165, 1.54) is 15.6 Å². The molecule has 0 aliphatic rings. The van der Waals surface area contributed by atoms with Gasteiger partial charge < -0.3 is 10.1 Å². The fourth-order valence-electron chi connectivity index (χ4n) is 1.85. The molecular weight excluding hydrogens is 308 g/mol. The molecule has 0 aliphatic carbocycles. The zero-order valence-electron chi connectivity index (χ0n) is 12.2. The van der Waals surface area contributed by atoms with Crippen LogP contribution < -0.4 is 14.4 Å². The molecule has 0 atom stereocenters. The lowest BCUT2D eigenvalue weighted by Gasteiger charge is -2.18. The minimum atomic E-state index is -3.53. The second-order valence-corrected chi connectivity index (χ2v) is 7.58. The summed E-state index contributed by atoms with van der Waals surface area (Å²) in [5.41, 5.74) is 1.56. The number of ether oxygens (including phenoxy) is 1. The summed E-state index contributed by atoms with van der Waals surface area (Å²) in [6, 6.07) is 8.62. The standard InChI is InChI=1S/C14H18N2O3S2/c1-15-9-11-8-14(20-10-11)21(17,18)16(2)12-4-6-13(19-3)7-5-12/h4-8,10,15H,9H2,1-3H3. The first-order valence-corrected chi connectivity index (χ1v) is 8.66. The van der Waals surface area contributed by atoms with Gasteiger partial charge in [0.2, 0.25) is 0 Å². The molecule has 0 unspecified atom stereocenters. The third-order valence-corrected chi connectivity index (χ3v) is 6.31. The van der Waals surface area contributed by atoms with Crippen LogP contribution in [0.25, 0.3) is 0 Å². The molecule has 0 radical (unpaired) electrons. The van der Waals surface area contributed by atoms with Crippen molar-refractivity contribution in [2.45, 2.75) is 10.8 Å². The summed E-state index contributed by atoms with van der Waals surface area (Å²) in [5, 5.41) is 4.86. The van der Waals surface area contributed by atoms with Crippen molar-refractivity contribution in [1.82, 2.24) is 5.32 Å². The molecule has 5 nitrogen and oxygen atoms in total. The van der Waals surface area contributed by atoms with Crippen molar-refractivity contribution in [3.63, 3.8) is 0 Å². The molecule has 2 aromatic rings. The van der Waals surface area contributed by atoms with Crippen molar-refractivity contribution in [2.75, 3.05) is 25.5 Å². The lowest BCUT2D eigenvalue weighted by atomic mass is 10.3. The zero-order chi connectivity index (χ0) is 15.5. The maximum Gasteiger partial charge on any atom is 0.273 e. The molecule has 1 aromatic heterocycles. The first-order valence-electron chi connectivity index (χ1n) is 6.34. The topological polar surface area (TPSA) is 58.6 Å². The molecular formula is C14H18N2O3S2. The van der Waals surface area contributed by atoms with E-state index in [1.807, 2.05) is 12.4 Å². The Bertz CT molecular complexity index is 693. The first-order chi connectivity index (χ1) is 9.98. The first kappa shape index (κ1) is 15.8. The maximum absolute atomic E-state index is 12.6. The largest absolute Gasteiger partial charge is 0.497 e. The minimum Gasteiger partial charge on any atom is -0.497 e. The number of thiophene rings is 1. The molecule has 7 heteroatoms. The number of hydrogen-bond donors (Lipinski definition) is 1. The molecule has 114 valence electrons. The summed E-state index contributed by atoms with van der Waals surface area (Å²) in [7, 11) is 1.43. The number of methoxy groups -OCH3 is 1. The molecule has 0 bridgehead atoms. The maximum atomic E-state index is 12.6. The van der Waals surface area contributed by atoms with Gasteiger partial charge in [0.25, 0.3) is 10.0 Å². The van der Waals surface area contributed by atoms with E-state index in [9.17, 15) is 8.42 Å². The minimum absolute atomic E-state index is 0.339. The van der Waals surface area contributed by atoms with Gasteiger partial charge in [-0.1, -0.05) is 0 Å². The highest BCUT2D eigenvalue weighted by Gasteiger charge is 2.23. The van der Waals surface area contributed by atoms with Crippen LogP contribution >= 0.6 is 11.3 Å². The Morgan fingerprint density at radius 2 is 1.95 bits per heavy atom. The second-order valence-electron chi connectivity index (χ2n) is 4.47. The quantitative estimate of drug-likeness (QED) is 0.885. The molecule has 0 spiro atoms. The lowest BCUT2D eigenvalue weighted by Crippen LogP contribution is -2.25. The second kappa shape index (κ2) is 6.46. The van der Waals surface area contributed by atoms with Crippen LogP contribution in [-0.4, -0.2) is 29.6 Å². The van der Waals surface area contributed by atoms with E-state index < -0.39 is 10.0 Å². The van der Waals surface area contributed by atoms with Crippen LogP contribution in [0.3, 0.4) is 0 Å². The number of hydrogen-bond acceptors (Lipinski definition) is 5. The summed E-state index contributed by atoms with van der Waals surface area (Å²) in [6.45, 7) is 0.651. The van der Waals surface area contributed by atoms with Crippen LogP contribution in [0.15, 0.2) is 39.9 Å². The number of sulfonamides is 1. The van der Waals surface area contributed by atoms with Crippen molar-refractivity contribution < 1.29 is 13.2 Å². The van der Waals surface area contributed by atoms with Crippen molar-refractivity contribution in [3.8, 4) is 5.75 Å². The Morgan fingerprint density at radius 1 is 1.29 bits per heavy atom. The number of nitrogens with one attached hydrogen (secondary N) is 1. The monoisotopic (exact) mass is 326 g/mol. The van der Waals surface area contributed by atoms with Crippen molar-refractivity contribution in [1.29, 1.82) is 0 Å². The van der Waals surface area contributed by atoms with Gasteiger partial charge in [0.1, 0.15) is 9.96 Å².